The molecular weight excluding hydrogens is 348 g/mol. The lowest BCUT2D eigenvalue weighted by atomic mass is 10.1. The topological polar surface area (TPSA) is 102 Å². The zero-order valence-corrected chi connectivity index (χ0v) is 15.9. The van der Waals surface area contributed by atoms with Crippen molar-refractivity contribution in [3.63, 3.8) is 0 Å². The molecule has 1 aromatic carbocycles. The van der Waals surface area contributed by atoms with Gasteiger partial charge in [-0.05, 0) is 27.7 Å². The molecule has 1 heterocycles. The number of hydrogen-bond acceptors (Lipinski definition) is 5. The largest absolute Gasteiger partial charge is 0.444 e. The summed E-state index contributed by atoms with van der Waals surface area (Å²) in [5, 5.41) is 8.80. The predicted octanol–water partition coefficient (Wildman–Crippen LogP) is 2.38. The highest BCUT2D eigenvalue weighted by Crippen LogP contribution is 2.20. The van der Waals surface area contributed by atoms with Crippen molar-refractivity contribution in [2.24, 2.45) is 0 Å². The smallest absolute Gasteiger partial charge is 0.342 e. The van der Waals surface area contributed by atoms with Gasteiger partial charge in [0.25, 0.3) is 5.91 Å². The van der Waals surface area contributed by atoms with Gasteiger partial charge < -0.3 is 10.1 Å². The number of nitrogens with one attached hydrogen (secondary N) is 2. The normalized spacial score (nSPS) is 12.1. The summed E-state index contributed by atoms with van der Waals surface area (Å²) in [5.74, 6) is -1.44. The fraction of sp³-hybridized carbons (Fsp3) is 0.368. The number of ether oxygens (including phenoxy) is 1. The van der Waals surface area contributed by atoms with Crippen LogP contribution in [0, 0.1) is 0 Å². The fourth-order valence-corrected chi connectivity index (χ4v) is 2.25. The number of hydrogen-bond donors (Lipinski definition) is 2. The molecule has 1 aromatic heterocycles. The molecule has 8 heteroatoms. The lowest BCUT2D eigenvalue weighted by molar-refractivity contribution is -0.129. The Bertz CT molecular complexity index is 809. The summed E-state index contributed by atoms with van der Waals surface area (Å²) >= 11 is 0. The molecule has 0 saturated heterocycles. The van der Waals surface area contributed by atoms with Crippen LogP contribution in [0.2, 0.25) is 0 Å². The Kier molecular flexibility index (Phi) is 6.33. The minimum absolute atomic E-state index is 0.219. The van der Waals surface area contributed by atoms with Gasteiger partial charge in [0.2, 0.25) is 6.10 Å². The van der Waals surface area contributed by atoms with Gasteiger partial charge in [0, 0.05) is 18.3 Å². The molecule has 1 atom stereocenters. The highest BCUT2D eigenvalue weighted by Gasteiger charge is 2.28. The van der Waals surface area contributed by atoms with Crippen molar-refractivity contribution in [3.05, 3.63) is 53.9 Å². The summed E-state index contributed by atoms with van der Waals surface area (Å²) < 4.78 is 7.04. The van der Waals surface area contributed by atoms with Crippen LogP contribution in [-0.2, 0) is 15.1 Å². The highest BCUT2D eigenvalue weighted by molar-refractivity contribution is 5.99. The lowest BCUT2D eigenvalue weighted by Crippen LogP contribution is -2.42. The van der Waals surface area contributed by atoms with Gasteiger partial charge in [0.1, 0.15) is 0 Å². The third-order valence-corrected chi connectivity index (χ3v) is 3.65. The van der Waals surface area contributed by atoms with Crippen LogP contribution in [0.25, 0.3) is 0 Å². The van der Waals surface area contributed by atoms with Crippen LogP contribution in [0.3, 0.4) is 0 Å². The average molecular weight is 372 g/mol. The molecule has 0 saturated carbocycles. The SMILES string of the molecule is CCNC(=O)NC(=O)[C@H](OC(=O)c1cnn(C(C)(C)C)c1)c1ccccc1. The first kappa shape index (κ1) is 20.2. The van der Waals surface area contributed by atoms with Crippen LogP contribution in [-0.4, -0.2) is 34.2 Å². The second-order valence-electron chi connectivity index (χ2n) is 6.89. The first-order chi connectivity index (χ1) is 12.7. The first-order valence-electron chi connectivity index (χ1n) is 8.62. The van der Waals surface area contributed by atoms with Gasteiger partial charge >= 0.3 is 12.0 Å². The van der Waals surface area contributed by atoms with Gasteiger partial charge in [-0.2, -0.15) is 5.10 Å². The van der Waals surface area contributed by atoms with E-state index < -0.39 is 24.0 Å². The Morgan fingerprint density at radius 1 is 1.19 bits per heavy atom. The average Bonchev–Trinajstić information content (AvgIpc) is 3.11. The Morgan fingerprint density at radius 2 is 1.85 bits per heavy atom. The van der Waals surface area contributed by atoms with E-state index in [1.54, 1.807) is 48.1 Å². The molecule has 144 valence electrons. The van der Waals surface area contributed by atoms with E-state index in [4.69, 9.17) is 4.74 Å². The van der Waals surface area contributed by atoms with E-state index >= 15 is 0 Å². The molecule has 27 heavy (non-hydrogen) atoms. The van der Waals surface area contributed by atoms with Gasteiger partial charge in [0.05, 0.1) is 17.3 Å². The molecule has 8 nitrogen and oxygen atoms in total. The molecule has 0 unspecified atom stereocenters. The minimum Gasteiger partial charge on any atom is -0.444 e. The van der Waals surface area contributed by atoms with Crippen molar-refractivity contribution >= 4 is 17.9 Å². The van der Waals surface area contributed by atoms with Gasteiger partial charge in [-0.15, -0.1) is 0 Å². The maximum Gasteiger partial charge on any atom is 0.342 e. The van der Waals surface area contributed by atoms with Crippen molar-refractivity contribution < 1.29 is 19.1 Å². The van der Waals surface area contributed by atoms with Crippen LogP contribution >= 0.6 is 0 Å². The zero-order chi connectivity index (χ0) is 20.0. The van der Waals surface area contributed by atoms with Crippen molar-refractivity contribution in [2.75, 3.05) is 6.54 Å². The molecule has 2 rings (SSSR count). The molecule has 0 aliphatic rings. The number of carbonyl (C=O) groups is 3. The summed E-state index contributed by atoms with van der Waals surface area (Å²) in [6.07, 6.45) is 1.68. The van der Waals surface area contributed by atoms with Gasteiger partial charge in [0.15, 0.2) is 0 Å². The van der Waals surface area contributed by atoms with E-state index in [1.807, 2.05) is 20.8 Å². The van der Waals surface area contributed by atoms with Gasteiger partial charge in [-0.3, -0.25) is 14.8 Å². The molecule has 0 fully saturated rings. The molecule has 0 bridgehead atoms. The third-order valence-electron chi connectivity index (χ3n) is 3.65. The van der Waals surface area contributed by atoms with Crippen LogP contribution in [0.15, 0.2) is 42.7 Å². The quantitative estimate of drug-likeness (QED) is 0.785. The lowest BCUT2D eigenvalue weighted by Gasteiger charge is -2.19. The van der Waals surface area contributed by atoms with Gasteiger partial charge in [-0.1, -0.05) is 30.3 Å². The second kappa shape index (κ2) is 8.48. The summed E-state index contributed by atoms with van der Waals surface area (Å²) in [4.78, 5) is 36.7. The number of carbonyl (C=O) groups excluding carboxylic acids is 3. The van der Waals surface area contributed by atoms with E-state index in [1.165, 1.54) is 6.20 Å². The number of esters is 1. The number of amides is 3. The standard InChI is InChI=1S/C19H24N4O4/c1-5-20-18(26)22-16(24)15(13-9-7-6-8-10-13)27-17(25)14-11-21-23(12-14)19(2,3)4/h6-12,15H,5H2,1-4H3,(H2,20,22,24,26)/t15-/m1/s1. The molecular formula is C19H24N4O4. The van der Waals surface area contributed by atoms with E-state index in [0.29, 0.717) is 12.1 Å². The minimum atomic E-state index is -1.26. The summed E-state index contributed by atoms with van der Waals surface area (Å²) in [5.41, 5.74) is 0.375. The molecule has 2 N–H and O–H groups in total. The maximum absolute atomic E-state index is 12.5. The number of nitrogens with zero attached hydrogens (tertiary/aromatic N) is 2. The monoisotopic (exact) mass is 372 g/mol. The maximum atomic E-state index is 12.5. The van der Waals surface area contributed by atoms with E-state index in [0.717, 1.165) is 0 Å². The van der Waals surface area contributed by atoms with Crippen LogP contribution in [0.5, 0.6) is 0 Å². The van der Waals surface area contributed by atoms with Crippen LogP contribution in [0.1, 0.15) is 49.7 Å². The Hall–Kier alpha value is -3.16. The van der Waals surface area contributed by atoms with Crippen LogP contribution < -0.4 is 10.6 Å². The molecule has 0 aliphatic carbocycles. The van der Waals surface area contributed by atoms with Gasteiger partial charge in [-0.25, -0.2) is 9.59 Å². The van der Waals surface area contributed by atoms with E-state index in [2.05, 4.69) is 15.7 Å². The van der Waals surface area contributed by atoms with Crippen molar-refractivity contribution in [2.45, 2.75) is 39.3 Å². The molecule has 0 aliphatic heterocycles. The van der Waals surface area contributed by atoms with Crippen molar-refractivity contribution in [1.29, 1.82) is 0 Å². The Balaban J connectivity index is 2.21. The zero-order valence-electron chi connectivity index (χ0n) is 15.9. The second-order valence-corrected chi connectivity index (χ2v) is 6.89. The van der Waals surface area contributed by atoms with Crippen LogP contribution in [0.4, 0.5) is 4.79 Å². The fourth-order valence-electron chi connectivity index (χ4n) is 2.25. The predicted molar refractivity (Wildman–Crippen MR) is 99.0 cm³/mol. The summed E-state index contributed by atoms with van der Waals surface area (Å²) in [6.45, 7) is 7.93. The summed E-state index contributed by atoms with van der Waals surface area (Å²) in [7, 11) is 0. The molecule has 3 amide bonds. The highest BCUT2D eigenvalue weighted by atomic mass is 16.5. The number of rotatable bonds is 5. The molecule has 2 aromatic rings. The summed E-state index contributed by atoms with van der Waals surface area (Å²) in [6, 6.07) is 7.85. The van der Waals surface area contributed by atoms with E-state index in [9.17, 15) is 14.4 Å². The Morgan fingerprint density at radius 3 is 2.41 bits per heavy atom. The Labute approximate surface area is 157 Å². The number of imide groups is 1. The molecule has 0 radical (unpaired) electrons. The van der Waals surface area contributed by atoms with E-state index in [-0.39, 0.29) is 11.1 Å². The molecule has 0 spiro atoms. The first-order valence-corrected chi connectivity index (χ1v) is 8.62. The number of urea groups is 1. The number of aromatic nitrogens is 2. The van der Waals surface area contributed by atoms with Crippen molar-refractivity contribution in [1.82, 2.24) is 20.4 Å². The number of benzene rings is 1. The van der Waals surface area contributed by atoms with Crippen molar-refractivity contribution in [3.8, 4) is 0 Å². The third kappa shape index (κ3) is 5.40.